The lowest BCUT2D eigenvalue weighted by molar-refractivity contribution is 0.00706. The van der Waals surface area contributed by atoms with E-state index in [-0.39, 0.29) is 22.8 Å². The summed E-state index contributed by atoms with van der Waals surface area (Å²) in [5.74, 6) is -0.730. The first kappa shape index (κ1) is 21.4. The molecule has 2 aromatic carbocycles. The van der Waals surface area contributed by atoms with Gasteiger partial charge in [0, 0.05) is 0 Å². The van der Waals surface area contributed by atoms with Gasteiger partial charge in [0.2, 0.25) is 10.0 Å². The fourth-order valence-corrected chi connectivity index (χ4v) is 2.72. The van der Waals surface area contributed by atoms with Gasteiger partial charge >= 0.3 is 12.1 Å². The fourth-order valence-electron chi connectivity index (χ4n) is 2.18. The van der Waals surface area contributed by atoms with Crippen molar-refractivity contribution in [1.29, 1.82) is 0 Å². The SMILES string of the molecule is CC(C)(C)OC(=O)c1ccc(S(N)(=O)=O)cc1NC(=O)OCc1ccccc1. The average molecular weight is 406 g/mol. The quantitative estimate of drug-likeness (QED) is 0.735. The van der Waals surface area contributed by atoms with Crippen molar-refractivity contribution >= 4 is 27.8 Å². The van der Waals surface area contributed by atoms with Crippen molar-refractivity contribution in [3.63, 3.8) is 0 Å². The van der Waals surface area contributed by atoms with E-state index in [4.69, 9.17) is 14.6 Å². The van der Waals surface area contributed by atoms with Crippen LogP contribution >= 0.6 is 0 Å². The first-order valence-electron chi connectivity index (χ1n) is 8.33. The second-order valence-corrected chi connectivity index (χ2v) is 8.50. The molecule has 8 nitrogen and oxygen atoms in total. The summed E-state index contributed by atoms with van der Waals surface area (Å²) in [4.78, 5) is 24.3. The molecule has 0 saturated heterocycles. The normalized spacial score (nSPS) is 11.6. The van der Waals surface area contributed by atoms with Crippen molar-refractivity contribution in [2.45, 2.75) is 37.9 Å². The molecule has 0 aliphatic carbocycles. The van der Waals surface area contributed by atoms with Crippen molar-refractivity contribution in [3.05, 3.63) is 59.7 Å². The number of ether oxygens (including phenoxy) is 2. The van der Waals surface area contributed by atoms with Crippen molar-refractivity contribution in [2.75, 3.05) is 5.32 Å². The Labute approximate surface area is 163 Å². The van der Waals surface area contributed by atoms with Gasteiger partial charge in [0.1, 0.15) is 12.2 Å². The molecule has 3 N–H and O–H groups in total. The number of rotatable bonds is 5. The maximum atomic E-state index is 12.4. The van der Waals surface area contributed by atoms with E-state index >= 15 is 0 Å². The molecule has 0 bridgehead atoms. The highest BCUT2D eigenvalue weighted by Gasteiger charge is 2.23. The number of hydrogen-bond acceptors (Lipinski definition) is 6. The predicted octanol–water partition coefficient (Wildman–Crippen LogP) is 3.04. The molecule has 0 radical (unpaired) electrons. The zero-order valence-electron chi connectivity index (χ0n) is 15.8. The second kappa shape index (κ2) is 8.41. The highest BCUT2D eigenvalue weighted by molar-refractivity contribution is 7.89. The second-order valence-electron chi connectivity index (χ2n) is 6.94. The van der Waals surface area contributed by atoms with Crippen LogP contribution < -0.4 is 10.5 Å². The molecule has 0 atom stereocenters. The summed E-state index contributed by atoms with van der Waals surface area (Å²) in [5, 5.41) is 7.51. The number of primary sulfonamides is 1. The molecule has 0 spiro atoms. The van der Waals surface area contributed by atoms with Gasteiger partial charge < -0.3 is 9.47 Å². The Morgan fingerprint density at radius 3 is 2.29 bits per heavy atom. The number of sulfonamides is 1. The molecule has 0 aromatic heterocycles. The summed E-state index contributed by atoms with van der Waals surface area (Å²) in [6.45, 7) is 5.06. The number of hydrogen-bond donors (Lipinski definition) is 2. The van der Waals surface area contributed by atoms with E-state index in [1.807, 2.05) is 6.07 Å². The number of esters is 1. The van der Waals surface area contributed by atoms with Crippen molar-refractivity contribution in [1.82, 2.24) is 0 Å². The van der Waals surface area contributed by atoms with Crippen molar-refractivity contribution < 1.29 is 27.5 Å². The molecule has 2 aromatic rings. The maximum Gasteiger partial charge on any atom is 0.411 e. The summed E-state index contributed by atoms with van der Waals surface area (Å²) >= 11 is 0. The predicted molar refractivity (Wildman–Crippen MR) is 103 cm³/mol. The van der Waals surface area contributed by atoms with Crippen LogP contribution in [0.4, 0.5) is 10.5 Å². The van der Waals surface area contributed by atoms with E-state index in [1.165, 1.54) is 6.07 Å². The van der Waals surface area contributed by atoms with E-state index in [9.17, 15) is 18.0 Å². The molecular weight excluding hydrogens is 384 g/mol. The van der Waals surface area contributed by atoms with Gasteiger partial charge in [0.25, 0.3) is 0 Å². The molecule has 9 heteroatoms. The largest absolute Gasteiger partial charge is 0.456 e. The zero-order valence-corrected chi connectivity index (χ0v) is 16.6. The maximum absolute atomic E-state index is 12.4. The lowest BCUT2D eigenvalue weighted by Crippen LogP contribution is -2.25. The standard InChI is InChI=1S/C19H22N2O6S/c1-19(2,3)27-17(22)15-10-9-14(28(20,24)25)11-16(15)21-18(23)26-12-13-7-5-4-6-8-13/h4-11H,12H2,1-3H3,(H,21,23)(H2,20,24,25). The average Bonchev–Trinajstić information content (AvgIpc) is 2.58. The Bertz CT molecular complexity index is 966. The number of carbonyl (C=O) groups excluding carboxylic acids is 2. The van der Waals surface area contributed by atoms with Crippen LogP contribution in [0.3, 0.4) is 0 Å². The van der Waals surface area contributed by atoms with E-state index in [0.717, 1.165) is 17.7 Å². The van der Waals surface area contributed by atoms with Crippen molar-refractivity contribution in [2.24, 2.45) is 5.14 Å². The number of benzene rings is 2. The van der Waals surface area contributed by atoms with Gasteiger partial charge in [0.05, 0.1) is 16.1 Å². The fraction of sp³-hybridized carbons (Fsp3) is 0.263. The number of anilines is 1. The molecule has 0 fully saturated rings. The van der Waals surface area contributed by atoms with Crippen LogP contribution in [-0.2, 0) is 26.1 Å². The summed E-state index contributed by atoms with van der Waals surface area (Å²) < 4.78 is 33.6. The minimum atomic E-state index is -4.04. The smallest absolute Gasteiger partial charge is 0.411 e. The van der Waals surface area contributed by atoms with Gasteiger partial charge in [-0.2, -0.15) is 0 Å². The number of nitrogens with two attached hydrogens (primary N) is 1. The zero-order chi connectivity index (χ0) is 20.9. The van der Waals surface area contributed by atoms with Crippen LogP contribution in [0.2, 0.25) is 0 Å². The van der Waals surface area contributed by atoms with Crippen LogP contribution in [0.5, 0.6) is 0 Å². The Kier molecular flexibility index (Phi) is 6.42. The molecule has 28 heavy (non-hydrogen) atoms. The highest BCUT2D eigenvalue weighted by atomic mass is 32.2. The minimum absolute atomic E-state index is 0.00330. The molecule has 0 saturated carbocycles. The third kappa shape index (κ3) is 6.36. The summed E-state index contributed by atoms with van der Waals surface area (Å²) in [6, 6.07) is 12.4. The molecular formula is C19H22N2O6S. The summed E-state index contributed by atoms with van der Waals surface area (Å²) in [7, 11) is -4.04. The Hall–Kier alpha value is -2.91. The molecule has 1 amide bonds. The van der Waals surface area contributed by atoms with E-state index < -0.39 is 27.7 Å². The lowest BCUT2D eigenvalue weighted by atomic mass is 10.1. The van der Waals surface area contributed by atoms with Crippen LogP contribution in [0.1, 0.15) is 36.7 Å². The Morgan fingerprint density at radius 1 is 1.07 bits per heavy atom. The van der Waals surface area contributed by atoms with Gasteiger partial charge in [-0.05, 0) is 44.5 Å². The monoisotopic (exact) mass is 406 g/mol. The van der Waals surface area contributed by atoms with Crippen molar-refractivity contribution in [3.8, 4) is 0 Å². The van der Waals surface area contributed by atoms with Gasteiger partial charge in [-0.3, -0.25) is 5.32 Å². The van der Waals surface area contributed by atoms with Gasteiger partial charge in [-0.15, -0.1) is 0 Å². The van der Waals surface area contributed by atoms with Crippen LogP contribution in [0.25, 0.3) is 0 Å². The number of nitrogens with one attached hydrogen (secondary N) is 1. The summed E-state index contributed by atoms with van der Waals surface area (Å²) in [5.41, 5.74) is -0.123. The third-order valence-corrected chi connectivity index (χ3v) is 4.30. The first-order chi connectivity index (χ1) is 13.0. The first-order valence-corrected chi connectivity index (χ1v) is 9.88. The third-order valence-electron chi connectivity index (χ3n) is 3.39. The molecule has 0 unspecified atom stereocenters. The van der Waals surface area contributed by atoms with Gasteiger partial charge in [-0.1, -0.05) is 30.3 Å². The molecule has 0 aliphatic rings. The summed E-state index contributed by atoms with van der Waals surface area (Å²) in [6.07, 6.45) is -0.861. The van der Waals surface area contributed by atoms with E-state index in [1.54, 1.807) is 45.0 Å². The van der Waals surface area contributed by atoms with Crippen LogP contribution in [0.15, 0.2) is 53.4 Å². The Balaban J connectivity index is 2.25. The molecule has 150 valence electrons. The molecule has 0 aliphatic heterocycles. The topological polar surface area (TPSA) is 125 Å². The molecule has 0 heterocycles. The number of carbonyl (C=O) groups is 2. The lowest BCUT2D eigenvalue weighted by Gasteiger charge is -2.21. The van der Waals surface area contributed by atoms with E-state index in [0.29, 0.717) is 0 Å². The highest BCUT2D eigenvalue weighted by Crippen LogP contribution is 2.23. The molecule has 2 rings (SSSR count). The number of amides is 1. The van der Waals surface area contributed by atoms with Crippen LogP contribution in [-0.4, -0.2) is 26.1 Å². The minimum Gasteiger partial charge on any atom is -0.456 e. The van der Waals surface area contributed by atoms with E-state index in [2.05, 4.69) is 5.32 Å². The van der Waals surface area contributed by atoms with Gasteiger partial charge in [-0.25, -0.2) is 23.1 Å². The van der Waals surface area contributed by atoms with Crippen LogP contribution in [0, 0.1) is 0 Å². The Morgan fingerprint density at radius 2 is 1.71 bits per heavy atom. The van der Waals surface area contributed by atoms with Gasteiger partial charge in [0.15, 0.2) is 0 Å².